The van der Waals surface area contributed by atoms with Crippen molar-refractivity contribution in [2.45, 2.75) is 32.6 Å². The molecule has 0 N–H and O–H groups in total. The van der Waals surface area contributed by atoms with E-state index < -0.39 is 0 Å². The van der Waals surface area contributed by atoms with Gasteiger partial charge in [0, 0.05) is 28.4 Å². The second kappa shape index (κ2) is 7.12. The van der Waals surface area contributed by atoms with Gasteiger partial charge in [0.2, 0.25) is 0 Å². The van der Waals surface area contributed by atoms with Crippen molar-refractivity contribution in [2.24, 2.45) is 5.92 Å². The molecule has 0 spiro atoms. The van der Waals surface area contributed by atoms with Crippen molar-refractivity contribution in [3.63, 3.8) is 0 Å². The second-order valence-corrected chi connectivity index (χ2v) is 7.87. The summed E-state index contributed by atoms with van der Waals surface area (Å²) in [6, 6.07) is 7.96. The van der Waals surface area contributed by atoms with Crippen LogP contribution >= 0.6 is 22.9 Å². The topological polar surface area (TPSA) is 16.1 Å². The molecule has 0 aliphatic carbocycles. The first kappa shape index (κ1) is 16.0. The summed E-state index contributed by atoms with van der Waals surface area (Å²) in [5, 5.41) is 4.25. The molecule has 2 heterocycles. The number of thiazole rings is 1. The van der Waals surface area contributed by atoms with E-state index >= 15 is 0 Å². The average molecular weight is 335 g/mol. The summed E-state index contributed by atoms with van der Waals surface area (Å²) >= 11 is 7.76. The van der Waals surface area contributed by atoms with Crippen molar-refractivity contribution >= 4 is 22.9 Å². The lowest BCUT2D eigenvalue weighted by molar-refractivity contribution is 0.192. The molecule has 118 valence electrons. The van der Waals surface area contributed by atoms with Crippen LogP contribution in [-0.4, -0.2) is 29.5 Å². The summed E-state index contributed by atoms with van der Waals surface area (Å²) in [5.41, 5.74) is 2.24. The van der Waals surface area contributed by atoms with Crippen LogP contribution in [0.15, 0.2) is 29.6 Å². The maximum absolute atomic E-state index is 5.95. The van der Waals surface area contributed by atoms with Crippen LogP contribution in [-0.2, 0) is 0 Å². The number of halogens is 1. The lowest BCUT2D eigenvalue weighted by Crippen LogP contribution is -2.35. The Kier molecular flexibility index (Phi) is 5.17. The third-order valence-electron chi connectivity index (χ3n) is 4.22. The minimum absolute atomic E-state index is 0.634. The van der Waals surface area contributed by atoms with E-state index in [0.29, 0.717) is 5.92 Å². The Hall–Kier alpha value is -0.900. The quantitative estimate of drug-likeness (QED) is 0.754. The summed E-state index contributed by atoms with van der Waals surface area (Å²) in [6.07, 6.45) is 2.47. The van der Waals surface area contributed by atoms with E-state index in [1.165, 1.54) is 37.5 Å². The third kappa shape index (κ3) is 3.89. The zero-order chi connectivity index (χ0) is 15.5. The Morgan fingerprint density at radius 3 is 2.55 bits per heavy atom. The lowest BCUT2D eigenvalue weighted by Gasteiger charge is -2.32. The van der Waals surface area contributed by atoms with Crippen molar-refractivity contribution < 1.29 is 0 Å². The van der Waals surface area contributed by atoms with Gasteiger partial charge in [0.25, 0.3) is 0 Å². The summed E-state index contributed by atoms with van der Waals surface area (Å²) < 4.78 is 0. The van der Waals surface area contributed by atoms with E-state index in [2.05, 4.69) is 24.1 Å². The number of likely N-dealkylation sites (tertiary alicyclic amines) is 1. The summed E-state index contributed by atoms with van der Waals surface area (Å²) in [4.78, 5) is 7.47. The van der Waals surface area contributed by atoms with Gasteiger partial charge >= 0.3 is 0 Å². The molecule has 0 bridgehead atoms. The fraction of sp³-hybridized carbons (Fsp3) is 0.500. The largest absolute Gasteiger partial charge is 0.303 e. The molecule has 0 unspecified atom stereocenters. The van der Waals surface area contributed by atoms with Gasteiger partial charge in [-0.05, 0) is 44.0 Å². The highest BCUT2D eigenvalue weighted by Gasteiger charge is 2.23. The molecule has 1 aromatic carbocycles. The Bertz CT molecular complexity index is 598. The molecule has 1 aromatic heterocycles. The Morgan fingerprint density at radius 2 is 1.91 bits per heavy atom. The Labute approximate surface area is 142 Å². The van der Waals surface area contributed by atoms with Gasteiger partial charge < -0.3 is 4.90 Å². The fourth-order valence-electron chi connectivity index (χ4n) is 3.11. The zero-order valence-electron chi connectivity index (χ0n) is 13.3. The highest BCUT2D eigenvalue weighted by Crippen LogP contribution is 2.33. The molecule has 2 nitrogen and oxygen atoms in total. The predicted octanol–water partition coefficient (Wildman–Crippen LogP) is 5.30. The molecule has 22 heavy (non-hydrogen) atoms. The fourth-order valence-corrected chi connectivity index (χ4v) is 4.23. The average Bonchev–Trinajstić information content (AvgIpc) is 2.98. The van der Waals surface area contributed by atoms with Gasteiger partial charge in [-0.15, -0.1) is 11.3 Å². The van der Waals surface area contributed by atoms with Gasteiger partial charge in [-0.2, -0.15) is 0 Å². The molecular weight excluding hydrogens is 312 g/mol. The van der Waals surface area contributed by atoms with Gasteiger partial charge in [0.05, 0.1) is 10.7 Å². The van der Waals surface area contributed by atoms with Crippen LogP contribution in [0.2, 0.25) is 5.02 Å². The standard InChI is InChI=1S/C18H23ClN2S/c1-13(2)11-21-9-7-15(8-10-21)18-20-17(12-22-18)14-3-5-16(19)6-4-14/h3-6,12-13,15H,7-11H2,1-2H3. The van der Waals surface area contributed by atoms with E-state index in [0.717, 1.165) is 22.2 Å². The first-order valence-corrected chi connectivity index (χ1v) is 9.31. The Morgan fingerprint density at radius 1 is 1.23 bits per heavy atom. The van der Waals surface area contributed by atoms with E-state index in [9.17, 15) is 0 Å². The molecule has 2 aromatic rings. The normalized spacial score (nSPS) is 17.3. The summed E-state index contributed by atoms with van der Waals surface area (Å²) in [5.74, 6) is 1.39. The number of benzene rings is 1. The smallest absolute Gasteiger partial charge is 0.0964 e. The van der Waals surface area contributed by atoms with Crippen LogP contribution in [0, 0.1) is 5.92 Å². The molecule has 1 aliphatic rings. The number of hydrogen-bond donors (Lipinski definition) is 0. The van der Waals surface area contributed by atoms with Crippen LogP contribution < -0.4 is 0 Å². The number of nitrogens with zero attached hydrogens (tertiary/aromatic N) is 2. The van der Waals surface area contributed by atoms with Crippen molar-refractivity contribution in [2.75, 3.05) is 19.6 Å². The Balaban J connectivity index is 1.64. The second-order valence-electron chi connectivity index (χ2n) is 6.55. The van der Waals surface area contributed by atoms with Gasteiger partial charge in [-0.1, -0.05) is 37.6 Å². The molecule has 0 radical (unpaired) electrons. The van der Waals surface area contributed by atoms with Crippen molar-refractivity contribution in [3.05, 3.63) is 39.7 Å². The van der Waals surface area contributed by atoms with Gasteiger partial charge in [0.1, 0.15) is 0 Å². The van der Waals surface area contributed by atoms with Gasteiger partial charge in [0.15, 0.2) is 0 Å². The van der Waals surface area contributed by atoms with Crippen molar-refractivity contribution in [3.8, 4) is 11.3 Å². The number of rotatable bonds is 4. The lowest BCUT2D eigenvalue weighted by atomic mass is 9.97. The minimum atomic E-state index is 0.634. The molecule has 4 heteroatoms. The first-order chi connectivity index (χ1) is 10.6. The van der Waals surface area contributed by atoms with E-state index in [1.54, 1.807) is 0 Å². The minimum Gasteiger partial charge on any atom is -0.303 e. The molecule has 0 amide bonds. The molecular formula is C18H23ClN2S. The summed E-state index contributed by atoms with van der Waals surface area (Å²) in [6.45, 7) is 8.23. The molecule has 1 fully saturated rings. The monoisotopic (exact) mass is 334 g/mol. The van der Waals surface area contributed by atoms with Crippen molar-refractivity contribution in [1.29, 1.82) is 0 Å². The highest BCUT2D eigenvalue weighted by molar-refractivity contribution is 7.10. The van der Waals surface area contributed by atoms with Gasteiger partial charge in [-0.25, -0.2) is 4.98 Å². The maximum atomic E-state index is 5.95. The zero-order valence-corrected chi connectivity index (χ0v) is 14.8. The van der Waals surface area contributed by atoms with Gasteiger partial charge in [-0.3, -0.25) is 0 Å². The highest BCUT2D eigenvalue weighted by atomic mass is 35.5. The molecule has 3 rings (SSSR count). The van der Waals surface area contributed by atoms with Crippen LogP contribution in [0.1, 0.15) is 37.6 Å². The predicted molar refractivity (Wildman–Crippen MR) is 95.8 cm³/mol. The maximum Gasteiger partial charge on any atom is 0.0964 e. The SMILES string of the molecule is CC(C)CN1CCC(c2nc(-c3ccc(Cl)cc3)cs2)CC1. The number of piperidine rings is 1. The first-order valence-electron chi connectivity index (χ1n) is 8.05. The van der Waals surface area contributed by atoms with Crippen molar-refractivity contribution in [1.82, 2.24) is 9.88 Å². The van der Waals surface area contributed by atoms with Crippen LogP contribution in [0.4, 0.5) is 0 Å². The van der Waals surface area contributed by atoms with Crippen LogP contribution in [0.25, 0.3) is 11.3 Å². The summed E-state index contributed by atoms with van der Waals surface area (Å²) in [7, 11) is 0. The number of hydrogen-bond acceptors (Lipinski definition) is 3. The van der Waals surface area contributed by atoms with E-state index in [-0.39, 0.29) is 0 Å². The molecule has 1 saturated heterocycles. The van der Waals surface area contributed by atoms with Crippen LogP contribution in [0.5, 0.6) is 0 Å². The molecule has 0 atom stereocenters. The van der Waals surface area contributed by atoms with E-state index in [1.807, 2.05) is 35.6 Å². The van der Waals surface area contributed by atoms with E-state index in [4.69, 9.17) is 16.6 Å². The molecule has 0 saturated carbocycles. The number of aromatic nitrogens is 1. The van der Waals surface area contributed by atoms with Crippen LogP contribution in [0.3, 0.4) is 0 Å². The molecule has 1 aliphatic heterocycles. The third-order valence-corrected chi connectivity index (χ3v) is 5.48.